The minimum absolute atomic E-state index is 0.202. The summed E-state index contributed by atoms with van der Waals surface area (Å²) in [4.78, 5) is 4.23. The first-order valence-electron chi connectivity index (χ1n) is 8.61. The molecule has 148 valence electrons. The molecule has 28 heavy (non-hydrogen) atoms. The van der Waals surface area contributed by atoms with E-state index in [4.69, 9.17) is 16.0 Å². The second-order valence-electron chi connectivity index (χ2n) is 5.77. The van der Waals surface area contributed by atoms with Gasteiger partial charge in [0.15, 0.2) is 0 Å². The fourth-order valence-electron chi connectivity index (χ4n) is 2.52. The predicted molar refractivity (Wildman–Crippen MR) is 109 cm³/mol. The highest BCUT2D eigenvalue weighted by molar-refractivity contribution is 7.98. The van der Waals surface area contributed by atoms with Gasteiger partial charge in [-0.2, -0.15) is 4.31 Å². The Morgan fingerprint density at radius 3 is 2.61 bits per heavy atom. The van der Waals surface area contributed by atoms with Crippen LogP contribution in [0.5, 0.6) is 0 Å². The number of rotatable bonds is 8. The molecule has 10 heteroatoms. The SMILES string of the molecule is CCN(CC)S(=O)(=O)c1cccc(-c2nnc(SCc3ccc(Cl)nc3)o2)c1. The summed E-state index contributed by atoms with van der Waals surface area (Å²) in [5.41, 5.74) is 1.53. The third kappa shape index (κ3) is 4.72. The van der Waals surface area contributed by atoms with E-state index in [1.807, 2.05) is 19.9 Å². The molecule has 0 fully saturated rings. The van der Waals surface area contributed by atoms with E-state index >= 15 is 0 Å². The second kappa shape index (κ2) is 9.04. The van der Waals surface area contributed by atoms with Crippen molar-refractivity contribution in [3.63, 3.8) is 0 Å². The zero-order valence-corrected chi connectivity index (χ0v) is 17.8. The van der Waals surface area contributed by atoms with E-state index in [0.717, 1.165) is 5.56 Å². The van der Waals surface area contributed by atoms with E-state index in [2.05, 4.69) is 15.2 Å². The summed E-state index contributed by atoms with van der Waals surface area (Å²) in [6.45, 7) is 4.43. The molecule has 3 rings (SSSR count). The molecule has 0 aliphatic carbocycles. The van der Waals surface area contributed by atoms with E-state index in [0.29, 0.717) is 34.8 Å². The van der Waals surface area contributed by atoms with Crippen LogP contribution in [-0.2, 0) is 15.8 Å². The predicted octanol–water partition coefficient (Wildman–Crippen LogP) is 4.11. The lowest BCUT2D eigenvalue weighted by Crippen LogP contribution is -2.30. The van der Waals surface area contributed by atoms with Crippen molar-refractivity contribution in [2.75, 3.05) is 13.1 Å². The van der Waals surface area contributed by atoms with Crippen LogP contribution < -0.4 is 0 Å². The number of hydrogen-bond acceptors (Lipinski definition) is 7. The summed E-state index contributed by atoms with van der Waals surface area (Å²) in [6.07, 6.45) is 1.69. The largest absolute Gasteiger partial charge is 0.411 e. The summed E-state index contributed by atoms with van der Waals surface area (Å²) in [5.74, 6) is 0.871. The van der Waals surface area contributed by atoms with E-state index < -0.39 is 10.0 Å². The smallest absolute Gasteiger partial charge is 0.277 e. The minimum atomic E-state index is -3.55. The van der Waals surface area contributed by atoms with Gasteiger partial charge in [-0.05, 0) is 29.8 Å². The van der Waals surface area contributed by atoms with Gasteiger partial charge >= 0.3 is 0 Å². The lowest BCUT2D eigenvalue weighted by Gasteiger charge is -2.18. The first-order chi connectivity index (χ1) is 13.4. The summed E-state index contributed by atoms with van der Waals surface area (Å²) in [6, 6.07) is 10.1. The van der Waals surface area contributed by atoms with Crippen molar-refractivity contribution in [2.45, 2.75) is 29.7 Å². The number of aromatic nitrogens is 3. The molecule has 0 aliphatic heterocycles. The molecule has 0 saturated heterocycles. The topological polar surface area (TPSA) is 89.2 Å². The van der Waals surface area contributed by atoms with Gasteiger partial charge in [-0.3, -0.25) is 0 Å². The number of pyridine rings is 1. The van der Waals surface area contributed by atoms with Gasteiger partial charge in [0.1, 0.15) is 5.15 Å². The van der Waals surface area contributed by atoms with Gasteiger partial charge in [0.05, 0.1) is 4.90 Å². The van der Waals surface area contributed by atoms with Crippen molar-refractivity contribution >= 4 is 33.4 Å². The molecule has 0 unspecified atom stereocenters. The first kappa shape index (κ1) is 20.8. The van der Waals surface area contributed by atoms with Gasteiger partial charge in [0, 0.05) is 30.6 Å². The molecule has 7 nitrogen and oxygen atoms in total. The molecule has 0 amide bonds. The van der Waals surface area contributed by atoms with Crippen molar-refractivity contribution in [3.05, 3.63) is 53.3 Å². The van der Waals surface area contributed by atoms with Crippen LogP contribution in [0.1, 0.15) is 19.4 Å². The zero-order chi connectivity index (χ0) is 20.1. The molecule has 0 bridgehead atoms. The first-order valence-corrected chi connectivity index (χ1v) is 11.4. The van der Waals surface area contributed by atoms with Gasteiger partial charge in [-0.1, -0.05) is 49.3 Å². The minimum Gasteiger partial charge on any atom is -0.411 e. The van der Waals surface area contributed by atoms with Crippen molar-refractivity contribution in [3.8, 4) is 11.5 Å². The van der Waals surface area contributed by atoms with E-state index in [1.165, 1.54) is 16.1 Å². The maximum Gasteiger partial charge on any atom is 0.277 e. The van der Waals surface area contributed by atoms with E-state index in [-0.39, 0.29) is 10.8 Å². The zero-order valence-electron chi connectivity index (χ0n) is 15.4. The van der Waals surface area contributed by atoms with Crippen molar-refractivity contribution in [1.82, 2.24) is 19.5 Å². The molecule has 1 aromatic carbocycles. The Labute approximate surface area is 173 Å². The van der Waals surface area contributed by atoms with Gasteiger partial charge in [-0.15, -0.1) is 10.2 Å². The summed E-state index contributed by atoms with van der Waals surface area (Å²) in [7, 11) is -3.55. The van der Waals surface area contributed by atoms with Crippen molar-refractivity contribution < 1.29 is 12.8 Å². The number of hydrogen-bond donors (Lipinski definition) is 0. The van der Waals surface area contributed by atoms with Gasteiger partial charge in [0.2, 0.25) is 15.9 Å². The molecular weight excluding hydrogens is 420 g/mol. The van der Waals surface area contributed by atoms with Crippen LogP contribution in [0.15, 0.2) is 57.1 Å². The Balaban J connectivity index is 1.77. The third-order valence-electron chi connectivity index (χ3n) is 3.98. The van der Waals surface area contributed by atoms with Crippen molar-refractivity contribution in [2.24, 2.45) is 0 Å². The van der Waals surface area contributed by atoms with Crippen LogP contribution in [0.3, 0.4) is 0 Å². The molecule has 0 aliphatic rings. The summed E-state index contributed by atoms with van der Waals surface area (Å²) >= 11 is 7.15. The third-order valence-corrected chi connectivity index (χ3v) is 7.14. The highest BCUT2D eigenvalue weighted by atomic mass is 35.5. The highest BCUT2D eigenvalue weighted by Gasteiger charge is 2.22. The van der Waals surface area contributed by atoms with Crippen LogP contribution >= 0.6 is 23.4 Å². The molecule has 0 radical (unpaired) electrons. The monoisotopic (exact) mass is 438 g/mol. The Hall–Kier alpha value is -1.94. The molecule has 0 saturated carbocycles. The number of benzene rings is 1. The standard InChI is InChI=1S/C18H19ClN4O3S2/c1-3-23(4-2)28(24,25)15-7-5-6-14(10-15)17-21-22-18(26-17)27-12-13-8-9-16(19)20-11-13/h5-11H,3-4,12H2,1-2H3. The molecular formula is C18H19ClN4O3S2. The molecule has 2 aromatic heterocycles. The second-order valence-corrected chi connectivity index (χ2v) is 9.02. The van der Waals surface area contributed by atoms with Crippen LogP contribution in [0.2, 0.25) is 5.15 Å². The Morgan fingerprint density at radius 1 is 1.14 bits per heavy atom. The molecule has 2 heterocycles. The van der Waals surface area contributed by atoms with Crippen LogP contribution in [0.4, 0.5) is 0 Å². The average Bonchev–Trinajstić information content (AvgIpc) is 3.17. The van der Waals surface area contributed by atoms with Crippen molar-refractivity contribution in [1.29, 1.82) is 0 Å². The quantitative estimate of drug-likeness (QED) is 0.386. The van der Waals surface area contributed by atoms with Crippen LogP contribution in [0.25, 0.3) is 11.5 Å². The number of sulfonamides is 1. The summed E-state index contributed by atoms with van der Waals surface area (Å²) < 4.78 is 32.5. The summed E-state index contributed by atoms with van der Waals surface area (Å²) in [5, 5.41) is 8.89. The molecule has 3 aromatic rings. The Kier molecular flexibility index (Phi) is 6.71. The number of thioether (sulfide) groups is 1. The Bertz CT molecular complexity index is 1030. The van der Waals surface area contributed by atoms with Gasteiger partial charge in [0.25, 0.3) is 5.22 Å². The lowest BCUT2D eigenvalue weighted by molar-refractivity contribution is 0.445. The maximum absolute atomic E-state index is 12.7. The molecule has 0 spiro atoms. The van der Waals surface area contributed by atoms with E-state index in [9.17, 15) is 8.42 Å². The van der Waals surface area contributed by atoms with Crippen LogP contribution in [0, 0.1) is 0 Å². The fourth-order valence-corrected chi connectivity index (χ4v) is 4.84. The van der Waals surface area contributed by atoms with Gasteiger partial charge in [-0.25, -0.2) is 13.4 Å². The normalized spacial score (nSPS) is 11.9. The van der Waals surface area contributed by atoms with Crippen LogP contribution in [-0.4, -0.2) is 41.0 Å². The lowest BCUT2D eigenvalue weighted by atomic mass is 10.2. The van der Waals surface area contributed by atoms with Gasteiger partial charge < -0.3 is 4.42 Å². The number of nitrogens with zero attached hydrogens (tertiary/aromatic N) is 4. The Morgan fingerprint density at radius 2 is 1.93 bits per heavy atom. The highest BCUT2D eigenvalue weighted by Crippen LogP contribution is 2.27. The fraction of sp³-hybridized carbons (Fsp3) is 0.278. The maximum atomic E-state index is 12.7. The number of halogens is 1. The van der Waals surface area contributed by atoms with E-state index in [1.54, 1.807) is 36.5 Å². The molecule has 0 N–H and O–H groups in total. The molecule has 0 atom stereocenters. The average molecular weight is 439 g/mol.